The Kier molecular flexibility index (Phi) is 3.51. The fourth-order valence-electron chi connectivity index (χ4n) is 3.68. The number of aromatic nitrogens is 3. The van der Waals surface area contributed by atoms with Crippen molar-refractivity contribution in [1.29, 1.82) is 0 Å². The maximum Gasteiger partial charge on any atom is 0.244 e. The highest BCUT2D eigenvalue weighted by Crippen LogP contribution is 2.30. The second-order valence-electron chi connectivity index (χ2n) is 6.45. The molecule has 1 unspecified atom stereocenters. The van der Waals surface area contributed by atoms with Crippen LogP contribution in [0.4, 0.5) is 0 Å². The van der Waals surface area contributed by atoms with E-state index in [4.69, 9.17) is 0 Å². The number of aromatic amines is 2. The first-order valence-electron chi connectivity index (χ1n) is 8.08. The normalized spacial score (nSPS) is 18.0. The molecule has 3 N–H and O–H groups in total. The number of H-pyrrole nitrogens is 2. The van der Waals surface area contributed by atoms with E-state index in [1.165, 1.54) is 16.6 Å². The van der Waals surface area contributed by atoms with Crippen molar-refractivity contribution in [3.8, 4) is 0 Å². The van der Waals surface area contributed by atoms with Crippen molar-refractivity contribution < 1.29 is 8.42 Å². The van der Waals surface area contributed by atoms with Gasteiger partial charge in [-0.15, -0.1) is 0 Å². The Morgan fingerprint density at radius 3 is 2.79 bits per heavy atom. The third kappa shape index (κ3) is 2.44. The zero-order chi connectivity index (χ0) is 16.9. The van der Waals surface area contributed by atoms with Crippen molar-refractivity contribution in [2.75, 3.05) is 0 Å². The summed E-state index contributed by atoms with van der Waals surface area (Å²) in [4.78, 5) is 3.72. The van der Waals surface area contributed by atoms with Crippen LogP contribution >= 0.6 is 0 Å². The van der Waals surface area contributed by atoms with Gasteiger partial charge in [-0.05, 0) is 44.7 Å². The quantitative estimate of drug-likeness (QED) is 0.681. The van der Waals surface area contributed by atoms with Gasteiger partial charge in [0.1, 0.15) is 4.90 Å². The Labute approximate surface area is 140 Å². The van der Waals surface area contributed by atoms with Crippen LogP contribution in [-0.2, 0) is 22.9 Å². The lowest BCUT2D eigenvalue weighted by Gasteiger charge is -2.23. The molecule has 0 amide bonds. The highest BCUT2D eigenvalue weighted by atomic mass is 32.2. The predicted molar refractivity (Wildman–Crippen MR) is 92.5 cm³/mol. The van der Waals surface area contributed by atoms with E-state index in [2.05, 4.69) is 32.0 Å². The highest BCUT2D eigenvalue weighted by molar-refractivity contribution is 7.89. The first-order valence-corrected chi connectivity index (χ1v) is 9.56. The van der Waals surface area contributed by atoms with E-state index < -0.39 is 10.0 Å². The number of para-hydroxylation sites is 1. The van der Waals surface area contributed by atoms with Crippen LogP contribution in [0.1, 0.15) is 29.1 Å². The van der Waals surface area contributed by atoms with Gasteiger partial charge < -0.3 is 4.98 Å². The number of hydrogen-bond acceptors (Lipinski definition) is 3. The molecule has 1 aliphatic carbocycles. The van der Waals surface area contributed by atoms with Crippen LogP contribution < -0.4 is 4.72 Å². The molecule has 3 aromatic rings. The SMILES string of the molecule is Cc1n[nH]c(C)c1S(=O)(=O)NC1CCc2[nH]c3ccccc3c2C1. The lowest BCUT2D eigenvalue weighted by Crippen LogP contribution is -2.39. The van der Waals surface area contributed by atoms with Crippen molar-refractivity contribution in [2.24, 2.45) is 0 Å². The molecule has 4 rings (SSSR count). The fraction of sp³-hybridized carbons (Fsp3) is 0.353. The molecule has 0 saturated heterocycles. The monoisotopic (exact) mass is 344 g/mol. The Bertz CT molecular complexity index is 997. The number of benzene rings is 1. The molecule has 0 bridgehead atoms. The van der Waals surface area contributed by atoms with Crippen LogP contribution in [0.15, 0.2) is 29.2 Å². The van der Waals surface area contributed by atoms with Crippen LogP contribution in [0.3, 0.4) is 0 Å². The molecule has 7 heteroatoms. The summed E-state index contributed by atoms with van der Waals surface area (Å²) in [6.45, 7) is 3.43. The largest absolute Gasteiger partial charge is 0.358 e. The second-order valence-corrected chi connectivity index (χ2v) is 8.10. The maximum absolute atomic E-state index is 12.7. The van der Waals surface area contributed by atoms with E-state index in [1.807, 2.05) is 12.1 Å². The lowest BCUT2D eigenvalue weighted by atomic mass is 9.92. The van der Waals surface area contributed by atoms with Gasteiger partial charge in [0, 0.05) is 22.6 Å². The van der Waals surface area contributed by atoms with Crippen LogP contribution in [0, 0.1) is 13.8 Å². The van der Waals surface area contributed by atoms with Crippen LogP contribution in [0.2, 0.25) is 0 Å². The zero-order valence-electron chi connectivity index (χ0n) is 13.7. The molecule has 0 spiro atoms. The average Bonchev–Trinajstić information content (AvgIpc) is 3.07. The van der Waals surface area contributed by atoms with Crippen LogP contribution in [0.5, 0.6) is 0 Å². The van der Waals surface area contributed by atoms with Gasteiger partial charge in [0.2, 0.25) is 10.0 Å². The Morgan fingerprint density at radius 1 is 1.25 bits per heavy atom. The molecule has 126 valence electrons. The first kappa shape index (κ1) is 15.4. The molecule has 2 heterocycles. The second kappa shape index (κ2) is 5.46. The summed E-state index contributed by atoms with van der Waals surface area (Å²) in [7, 11) is -3.57. The summed E-state index contributed by atoms with van der Waals surface area (Å²) in [5, 5.41) is 7.92. The molecular weight excluding hydrogens is 324 g/mol. The summed E-state index contributed by atoms with van der Waals surface area (Å²) in [5.41, 5.74) is 4.65. The van der Waals surface area contributed by atoms with E-state index in [9.17, 15) is 8.42 Å². The Morgan fingerprint density at radius 2 is 2.04 bits per heavy atom. The first-order chi connectivity index (χ1) is 11.5. The van der Waals surface area contributed by atoms with Gasteiger partial charge in [-0.3, -0.25) is 5.10 Å². The molecule has 0 aliphatic heterocycles. The number of hydrogen-bond donors (Lipinski definition) is 3. The van der Waals surface area contributed by atoms with Gasteiger partial charge in [-0.2, -0.15) is 5.10 Å². The molecule has 0 saturated carbocycles. The van der Waals surface area contributed by atoms with Crippen molar-refractivity contribution in [1.82, 2.24) is 19.9 Å². The van der Waals surface area contributed by atoms with E-state index in [1.54, 1.807) is 13.8 Å². The van der Waals surface area contributed by atoms with Crippen LogP contribution in [-0.4, -0.2) is 29.6 Å². The summed E-state index contributed by atoms with van der Waals surface area (Å²) in [5.74, 6) is 0. The van der Waals surface area contributed by atoms with Gasteiger partial charge in [0.05, 0.1) is 11.4 Å². The molecular formula is C17H20N4O2S. The Hall–Kier alpha value is -2.12. The molecule has 2 aromatic heterocycles. The average molecular weight is 344 g/mol. The van der Waals surface area contributed by atoms with E-state index in [0.29, 0.717) is 17.8 Å². The fourth-order valence-corrected chi connectivity index (χ4v) is 5.33. The molecule has 24 heavy (non-hydrogen) atoms. The van der Waals surface area contributed by atoms with Crippen molar-refractivity contribution >= 4 is 20.9 Å². The molecule has 1 aromatic carbocycles. The van der Waals surface area contributed by atoms with Gasteiger partial charge in [-0.1, -0.05) is 18.2 Å². The minimum Gasteiger partial charge on any atom is -0.358 e. The number of nitrogens with zero attached hydrogens (tertiary/aromatic N) is 1. The smallest absolute Gasteiger partial charge is 0.244 e. The third-order valence-corrected chi connectivity index (χ3v) is 6.53. The molecule has 1 atom stereocenters. The number of sulfonamides is 1. The van der Waals surface area contributed by atoms with Gasteiger partial charge >= 0.3 is 0 Å². The summed E-state index contributed by atoms with van der Waals surface area (Å²) in [6, 6.07) is 8.07. The topological polar surface area (TPSA) is 90.6 Å². The molecule has 6 nitrogen and oxygen atoms in total. The minimum atomic E-state index is -3.57. The highest BCUT2D eigenvalue weighted by Gasteiger charge is 2.29. The number of fused-ring (bicyclic) bond motifs is 3. The summed E-state index contributed by atoms with van der Waals surface area (Å²) in [6.07, 6.45) is 2.34. The maximum atomic E-state index is 12.7. The van der Waals surface area contributed by atoms with Crippen molar-refractivity contribution in [3.05, 3.63) is 46.9 Å². The molecule has 1 aliphatic rings. The minimum absolute atomic E-state index is 0.101. The van der Waals surface area contributed by atoms with Gasteiger partial charge in [0.15, 0.2) is 0 Å². The van der Waals surface area contributed by atoms with Crippen molar-refractivity contribution in [2.45, 2.75) is 44.0 Å². The third-order valence-electron chi connectivity index (χ3n) is 4.75. The van der Waals surface area contributed by atoms with E-state index in [0.717, 1.165) is 18.4 Å². The van der Waals surface area contributed by atoms with Crippen LogP contribution in [0.25, 0.3) is 10.9 Å². The molecule has 0 fully saturated rings. The predicted octanol–water partition coefficient (Wildman–Crippen LogP) is 2.34. The van der Waals surface area contributed by atoms with E-state index >= 15 is 0 Å². The zero-order valence-corrected chi connectivity index (χ0v) is 14.5. The summed E-state index contributed by atoms with van der Waals surface area (Å²) >= 11 is 0. The number of nitrogens with one attached hydrogen (secondary N) is 3. The Balaban J connectivity index is 1.63. The van der Waals surface area contributed by atoms with Crippen molar-refractivity contribution in [3.63, 3.8) is 0 Å². The number of aryl methyl sites for hydroxylation is 3. The van der Waals surface area contributed by atoms with E-state index in [-0.39, 0.29) is 10.9 Å². The number of rotatable bonds is 3. The summed E-state index contributed by atoms with van der Waals surface area (Å²) < 4.78 is 28.3. The standard InChI is InChI=1S/C17H20N4O2S/c1-10-17(11(2)20-19-10)24(22,23)21-12-7-8-16-14(9-12)13-5-3-4-6-15(13)18-16/h3-6,12,18,21H,7-9H2,1-2H3,(H,19,20). The lowest BCUT2D eigenvalue weighted by molar-refractivity contribution is 0.506. The molecule has 0 radical (unpaired) electrons. The van der Waals surface area contributed by atoms with Gasteiger partial charge in [0.25, 0.3) is 0 Å². The van der Waals surface area contributed by atoms with Gasteiger partial charge in [-0.25, -0.2) is 13.1 Å².